The van der Waals surface area contributed by atoms with Gasteiger partial charge < -0.3 is 5.32 Å². The molecule has 0 atom stereocenters. The Kier molecular flexibility index (Phi) is 5.69. The molecule has 0 aliphatic rings. The van der Waals surface area contributed by atoms with Gasteiger partial charge in [0.1, 0.15) is 5.01 Å². The minimum Gasteiger partial charge on any atom is -0.353 e. The highest BCUT2D eigenvalue weighted by atomic mass is 32.1. The third-order valence-corrected chi connectivity index (χ3v) is 4.34. The SMILES string of the molecule is Cc1nc(CN(C)CC(=O)NC(C)C)sc1-c1ccccc1. The Bertz CT molecular complexity index is 622. The zero-order valence-electron chi connectivity index (χ0n) is 13.6. The molecule has 2 rings (SSSR count). The lowest BCUT2D eigenvalue weighted by Gasteiger charge is -2.16. The molecule has 22 heavy (non-hydrogen) atoms. The fourth-order valence-corrected chi connectivity index (χ4v) is 3.43. The molecule has 5 heteroatoms. The lowest BCUT2D eigenvalue weighted by molar-refractivity contribution is -0.122. The molecule has 1 N–H and O–H groups in total. The van der Waals surface area contributed by atoms with Crippen LogP contribution in [-0.4, -0.2) is 35.4 Å². The van der Waals surface area contributed by atoms with Crippen LogP contribution in [0.5, 0.6) is 0 Å². The first-order chi connectivity index (χ1) is 10.5. The number of carbonyl (C=O) groups is 1. The van der Waals surface area contributed by atoms with Crippen LogP contribution < -0.4 is 5.32 Å². The monoisotopic (exact) mass is 317 g/mol. The van der Waals surface area contributed by atoms with Crippen LogP contribution in [0.4, 0.5) is 0 Å². The summed E-state index contributed by atoms with van der Waals surface area (Å²) < 4.78 is 0. The molecular weight excluding hydrogens is 294 g/mol. The van der Waals surface area contributed by atoms with Crippen molar-refractivity contribution in [3.63, 3.8) is 0 Å². The van der Waals surface area contributed by atoms with Crippen LogP contribution >= 0.6 is 11.3 Å². The van der Waals surface area contributed by atoms with Crippen LogP contribution in [0, 0.1) is 6.92 Å². The first-order valence-corrected chi connectivity index (χ1v) is 8.27. The second-order valence-corrected chi connectivity index (χ2v) is 6.87. The van der Waals surface area contributed by atoms with E-state index in [2.05, 4.69) is 22.4 Å². The van der Waals surface area contributed by atoms with Gasteiger partial charge in [-0.25, -0.2) is 4.98 Å². The largest absolute Gasteiger partial charge is 0.353 e. The summed E-state index contributed by atoms with van der Waals surface area (Å²) in [6.45, 7) is 7.04. The molecule has 0 spiro atoms. The number of amides is 1. The summed E-state index contributed by atoms with van der Waals surface area (Å²) in [7, 11) is 1.94. The quantitative estimate of drug-likeness (QED) is 0.890. The Morgan fingerprint density at radius 2 is 2.00 bits per heavy atom. The number of aromatic nitrogens is 1. The number of nitrogens with zero attached hydrogens (tertiary/aromatic N) is 2. The summed E-state index contributed by atoms with van der Waals surface area (Å²) in [5.74, 6) is 0.0501. The Hall–Kier alpha value is -1.72. The fourth-order valence-electron chi connectivity index (χ4n) is 2.28. The van der Waals surface area contributed by atoms with Gasteiger partial charge in [0.05, 0.1) is 23.7 Å². The number of rotatable bonds is 6. The normalized spacial score (nSPS) is 11.2. The molecule has 1 aromatic heterocycles. The van der Waals surface area contributed by atoms with Gasteiger partial charge in [0.15, 0.2) is 0 Å². The highest BCUT2D eigenvalue weighted by Crippen LogP contribution is 2.30. The predicted molar refractivity (Wildman–Crippen MR) is 91.9 cm³/mol. The van der Waals surface area contributed by atoms with Crippen LogP contribution in [-0.2, 0) is 11.3 Å². The summed E-state index contributed by atoms with van der Waals surface area (Å²) in [5, 5.41) is 3.94. The van der Waals surface area contributed by atoms with E-state index in [1.54, 1.807) is 11.3 Å². The number of benzene rings is 1. The topological polar surface area (TPSA) is 45.2 Å². The Morgan fingerprint density at radius 1 is 1.32 bits per heavy atom. The average molecular weight is 317 g/mol. The molecule has 1 amide bonds. The number of hydrogen-bond acceptors (Lipinski definition) is 4. The maximum absolute atomic E-state index is 11.8. The molecule has 1 aromatic carbocycles. The second-order valence-electron chi connectivity index (χ2n) is 5.78. The average Bonchev–Trinajstić information content (AvgIpc) is 2.79. The Labute approximate surface area is 136 Å². The summed E-state index contributed by atoms with van der Waals surface area (Å²) >= 11 is 1.70. The molecule has 0 unspecified atom stereocenters. The van der Waals surface area contributed by atoms with E-state index < -0.39 is 0 Å². The van der Waals surface area contributed by atoms with E-state index in [0.29, 0.717) is 13.1 Å². The van der Waals surface area contributed by atoms with Crippen molar-refractivity contribution in [1.82, 2.24) is 15.2 Å². The summed E-state index contributed by atoms with van der Waals surface area (Å²) in [6, 6.07) is 10.5. The van der Waals surface area contributed by atoms with Crippen LogP contribution in [0.2, 0.25) is 0 Å². The number of aryl methyl sites for hydroxylation is 1. The zero-order chi connectivity index (χ0) is 16.1. The van der Waals surface area contributed by atoms with Gasteiger partial charge >= 0.3 is 0 Å². The predicted octanol–water partition coefficient (Wildman–Crippen LogP) is 3.07. The Morgan fingerprint density at radius 3 is 2.64 bits per heavy atom. The molecule has 2 aromatic rings. The standard InChI is InChI=1S/C17H23N3OS/c1-12(2)18-15(21)10-20(4)11-16-19-13(3)17(22-16)14-8-6-5-7-9-14/h5-9,12H,10-11H2,1-4H3,(H,18,21). The Balaban J connectivity index is 2.01. The molecule has 118 valence electrons. The molecule has 0 bridgehead atoms. The molecule has 0 aliphatic heterocycles. The van der Waals surface area contributed by atoms with Crippen LogP contribution in [0.3, 0.4) is 0 Å². The first-order valence-electron chi connectivity index (χ1n) is 7.45. The molecular formula is C17H23N3OS. The lowest BCUT2D eigenvalue weighted by atomic mass is 10.2. The van der Waals surface area contributed by atoms with E-state index >= 15 is 0 Å². The van der Waals surface area contributed by atoms with Gasteiger partial charge in [-0.3, -0.25) is 9.69 Å². The third kappa shape index (κ3) is 4.64. The van der Waals surface area contributed by atoms with Crippen molar-refractivity contribution in [3.8, 4) is 10.4 Å². The fraction of sp³-hybridized carbons (Fsp3) is 0.412. The maximum atomic E-state index is 11.8. The van der Waals surface area contributed by atoms with Crippen molar-refractivity contribution in [2.24, 2.45) is 0 Å². The highest BCUT2D eigenvalue weighted by Gasteiger charge is 2.13. The van der Waals surface area contributed by atoms with E-state index in [1.165, 1.54) is 10.4 Å². The minimum absolute atomic E-state index is 0.0501. The first kappa shape index (κ1) is 16.6. The van der Waals surface area contributed by atoms with Crippen molar-refractivity contribution >= 4 is 17.2 Å². The molecule has 4 nitrogen and oxygen atoms in total. The van der Waals surface area contributed by atoms with Gasteiger partial charge in [0, 0.05) is 6.04 Å². The maximum Gasteiger partial charge on any atom is 0.234 e. The van der Waals surface area contributed by atoms with E-state index in [1.807, 2.05) is 50.9 Å². The van der Waals surface area contributed by atoms with Crippen molar-refractivity contribution in [1.29, 1.82) is 0 Å². The van der Waals surface area contributed by atoms with Gasteiger partial charge in [-0.2, -0.15) is 0 Å². The molecule has 0 saturated heterocycles. The third-order valence-electron chi connectivity index (χ3n) is 3.15. The van der Waals surface area contributed by atoms with Crippen molar-refractivity contribution in [2.45, 2.75) is 33.4 Å². The van der Waals surface area contributed by atoms with E-state index in [0.717, 1.165) is 10.7 Å². The van der Waals surface area contributed by atoms with Crippen molar-refractivity contribution in [2.75, 3.05) is 13.6 Å². The summed E-state index contributed by atoms with van der Waals surface area (Å²) in [6.07, 6.45) is 0. The van der Waals surface area contributed by atoms with E-state index in [9.17, 15) is 4.79 Å². The smallest absolute Gasteiger partial charge is 0.234 e. The van der Waals surface area contributed by atoms with Crippen LogP contribution in [0.1, 0.15) is 24.5 Å². The molecule has 0 aliphatic carbocycles. The van der Waals surface area contributed by atoms with Crippen molar-refractivity contribution in [3.05, 3.63) is 41.0 Å². The van der Waals surface area contributed by atoms with E-state index in [4.69, 9.17) is 0 Å². The second kappa shape index (κ2) is 7.51. The van der Waals surface area contributed by atoms with E-state index in [-0.39, 0.29) is 11.9 Å². The van der Waals surface area contributed by atoms with Gasteiger partial charge in [-0.05, 0) is 33.4 Å². The van der Waals surface area contributed by atoms with Crippen LogP contribution in [0.25, 0.3) is 10.4 Å². The zero-order valence-corrected chi connectivity index (χ0v) is 14.4. The molecule has 0 fully saturated rings. The number of likely N-dealkylation sites (N-methyl/N-ethyl adjacent to an activating group) is 1. The molecule has 1 heterocycles. The van der Waals surface area contributed by atoms with Crippen LogP contribution in [0.15, 0.2) is 30.3 Å². The summed E-state index contributed by atoms with van der Waals surface area (Å²) in [5.41, 5.74) is 2.25. The van der Waals surface area contributed by atoms with Gasteiger partial charge in [-0.1, -0.05) is 30.3 Å². The van der Waals surface area contributed by atoms with Gasteiger partial charge in [-0.15, -0.1) is 11.3 Å². The number of nitrogens with one attached hydrogen (secondary N) is 1. The van der Waals surface area contributed by atoms with Crippen molar-refractivity contribution < 1.29 is 4.79 Å². The number of carbonyl (C=O) groups excluding carboxylic acids is 1. The molecule has 0 radical (unpaired) electrons. The number of thiazole rings is 1. The van der Waals surface area contributed by atoms with Gasteiger partial charge in [0.25, 0.3) is 0 Å². The lowest BCUT2D eigenvalue weighted by Crippen LogP contribution is -2.38. The molecule has 0 saturated carbocycles. The number of hydrogen-bond donors (Lipinski definition) is 1. The minimum atomic E-state index is 0.0501. The van der Waals surface area contributed by atoms with Gasteiger partial charge in [0.2, 0.25) is 5.91 Å². The highest BCUT2D eigenvalue weighted by molar-refractivity contribution is 7.15. The summed E-state index contributed by atoms with van der Waals surface area (Å²) in [4.78, 5) is 19.6.